The van der Waals surface area contributed by atoms with Gasteiger partial charge in [-0.15, -0.1) is 11.8 Å². The summed E-state index contributed by atoms with van der Waals surface area (Å²) >= 11 is 7.27. The van der Waals surface area contributed by atoms with Crippen molar-refractivity contribution in [3.05, 3.63) is 17.4 Å². The molecule has 1 aromatic rings. The maximum absolute atomic E-state index is 5.72. The first-order valence-corrected chi connectivity index (χ1v) is 5.19. The summed E-state index contributed by atoms with van der Waals surface area (Å²) in [7, 11) is 1.57. The Kier molecular flexibility index (Phi) is 4.35. The topological polar surface area (TPSA) is 31.4 Å². The van der Waals surface area contributed by atoms with Crippen molar-refractivity contribution in [1.29, 1.82) is 0 Å². The Balaban J connectivity index is 2.79. The van der Waals surface area contributed by atoms with Gasteiger partial charge in [0.1, 0.15) is 5.15 Å². The third kappa shape index (κ3) is 3.06. The fourth-order valence-corrected chi connectivity index (χ4v) is 1.56. The molecule has 0 aromatic carbocycles. The van der Waals surface area contributed by atoms with Gasteiger partial charge < -0.3 is 9.47 Å². The molecule has 0 N–H and O–H groups in total. The van der Waals surface area contributed by atoms with Gasteiger partial charge in [0.05, 0.1) is 11.1 Å². The van der Waals surface area contributed by atoms with Crippen LogP contribution in [0.1, 0.15) is 0 Å². The first kappa shape index (κ1) is 10.6. The maximum atomic E-state index is 5.72. The largest absolute Gasteiger partial charge is 0.465 e. The summed E-state index contributed by atoms with van der Waals surface area (Å²) < 4.78 is 10.1. The Hall–Kier alpha value is -0.450. The molecule has 1 aromatic heterocycles. The maximum Gasteiger partial charge on any atom is 0.188 e. The molecule has 0 spiro atoms. The number of hydrogen-bond acceptors (Lipinski definition) is 4. The van der Waals surface area contributed by atoms with E-state index in [4.69, 9.17) is 21.1 Å². The molecule has 72 valence electrons. The molecular weight excluding hydrogens is 210 g/mol. The quantitative estimate of drug-likeness (QED) is 0.442. The molecule has 0 amide bonds. The molecule has 0 aliphatic rings. The van der Waals surface area contributed by atoms with Gasteiger partial charge in [-0.1, -0.05) is 11.6 Å². The predicted octanol–water partition coefficient (Wildman–Crippen LogP) is 2.44. The highest BCUT2D eigenvalue weighted by molar-refractivity contribution is 7.98. The zero-order valence-corrected chi connectivity index (χ0v) is 8.98. The van der Waals surface area contributed by atoms with Gasteiger partial charge in [-0.3, -0.25) is 0 Å². The van der Waals surface area contributed by atoms with Crippen LogP contribution in [0.5, 0.6) is 5.75 Å². The Bertz CT molecular complexity index is 283. The van der Waals surface area contributed by atoms with Crippen molar-refractivity contribution >= 4 is 23.4 Å². The summed E-state index contributed by atoms with van der Waals surface area (Å²) in [4.78, 5) is 4.87. The lowest BCUT2D eigenvalue weighted by Gasteiger charge is -2.07. The number of ether oxygens (including phenoxy) is 2. The molecule has 0 unspecified atom stereocenters. The van der Waals surface area contributed by atoms with Gasteiger partial charge in [-0.2, -0.15) is 0 Å². The van der Waals surface area contributed by atoms with Crippen molar-refractivity contribution in [1.82, 2.24) is 4.98 Å². The number of thioether (sulfide) groups is 1. The van der Waals surface area contributed by atoms with Gasteiger partial charge in [0.2, 0.25) is 0 Å². The summed E-state index contributed by atoms with van der Waals surface area (Å²) in [5.74, 6) is 0.693. The first-order valence-electron chi connectivity index (χ1n) is 3.59. The summed E-state index contributed by atoms with van der Waals surface area (Å²) in [6, 6.07) is 1.76. The van der Waals surface area contributed by atoms with E-state index in [1.807, 2.05) is 6.26 Å². The molecular formula is C8H10ClNO2S. The van der Waals surface area contributed by atoms with E-state index in [0.717, 1.165) is 4.90 Å². The summed E-state index contributed by atoms with van der Waals surface area (Å²) in [5.41, 5.74) is 0. The van der Waals surface area contributed by atoms with E-state index in [1.165, 1.54) is 0 Å². The van der Waals surface area contributed by atoms with Crippen LogP contribution >= 0.6 is 23.4 Å². The summed E-state index contributed by atoms with van der Waals surface area (Å²) in [5, 5.41) is 0.467. The molecule has 0 radical (unpaired) electrons. The average molecular weight is 220 g/mol. The minimum atomic E-state index is 0.219. The van der Waals surface area contributed by atoms with Crippen molar-refractivity contribution in [2.45, 2.75) is 4.90 Å². The minimum absolute atomic E-state index is 0.219. The molecule has 0 saturated heterocycles. The minimum Gasteiger partial charge on any atom is -0.465 e. The number of hydrogen-bond donors (Lipinski definition) is 0. The average Bonchev–Trinajstić information content (AvgIpc) is 2.16. The lowest BCUT2D eigenvalue weighted by molar-refractivity contribution is 0.0489. The van der Waals surface area contributed by atoms with E-state index in [9.17, 15) is 0 Å². The molecule has 1 heterocycles. The molecule has 1 rings (SSSR count). The zero-order chi connectivity index (χ0) is 9.68. The van der Waals surface area contributed by atoms with Gasteiger partial charge in [0.15, 0.2) is 12.5 Å². The van der Waals surface area contributed by atoms with Gasteiger partial charge >= 0.3 is 0 Å². The van der Waals surface area contributed by atoms with Gasteiger partial charge in [0, 0.05) is 7.11 Å². The van der Waals surface area contributed by atoms with Crippen molar-refractivity contribution in [3.8, 4) is 5.75 Å². The summed E-state index contributed by atoms with van der Waals surface area (Å²) in [6.45, 7) is 0.219. The molecule has 0 bridgehead atoms. The lowest BCUT2D eigenvalue weighted by atomic mass is 10.4. The second kappa shape index (κ2) is 5.32. The number of rotatable bonds is 4. The normalized spacial score (nSPS) is 10.1. The van der Waals surface area contributed by atoms with Crippen LogP contribution in [0.4, 0.5) is 0 Å². The van der Waals surface area contributed by atoms with E-state index >= 15 is 0 Å². The Morgan fingerprint density at radius 3 is 3.00 bits per heavy atom. The van der Waals surface area contributed by atoms with Crippen LogP contribution in [-0.2, 0) is 4.74 Å². The zero-order valence-electron chi connectivity index (χ0n) is 7.41. The van der Waals surface area contributed by atoms with Gasteiger partial charge in [0.25, 0.3) is 0 Å². The lowest BCUT2D eigenvalue weighted by Crippen LogP contribution is -2.00. The van der Waals surface area contributed by atoms with Crippen LogP contribution < -0.4 is 4.74 Å². The SMILES string of the molecule is COCOc1cnc(Cl)cc1SC. The molecule has 0 atom stereocenters. The van der Waals surface area contributed by atoms with E-state index in [1.54, 1.807) is 31.1 Å². The second-order valence-electron chi connectivity index (χ2n) is 2.21. The second-order valence-corrected chi connectivity index (χ2v) is 3.44. The van der Waals surface area contributed by atoms with Crippen LogP contribution in [0.2, 0.25) is 5.15 Å². The number of nitrogens with zero attached hydrogens (tertiary/aromatic N) is 1. The van der Waals surface area contributed by atoms with Crippen molar-refractivity contribution in [3.63, 3.8) is 0 Å². The highest BCUT2D eigenvalue weighted by atomic mass is 35.5. The van der Waals surface area contributed by atoms with E-state index < -0.39 is 0 Å². The Morgan fingerprint density at radius 1 is 1.62 bits per heavy atom. The monoisotopic (exact) mass is 219 g/mol. The predicted molar refractivity (Wildman–Crippen MR) is 53.5 cm³/mol. The van der Waals surface area contributed by atoms with E-state index in [0.29, 0.717) is 10.9 Å². The molecule has 0 aliphatic heterocycles. The molecule has 0 aliphatic carbocycles. The van der Waals surface area contributed by atoms with Crippen LogP contribution in [0.3, 0.4) is 0 Å². The summed E-state index contributed by atoms with van der Waals surface area (Å²) in [6.07, 6.45) is 3.54. The van der Waals surface area contributed by atoms with E-state index in [2.05, 4.69) is 4.98 Å². The Morgan fingerprint density at radius 2 is 2.38 bits per heavy atom. The van der Waals surface area contributed by atoms with E-state index in [-0.39, 0.29) is 6.79 Å². The van der Waals surface area contributed by atoms with Crippen LogP contribution in [0.15, 0.2) is 17.2 Å². The smallest absolute Gasteiger partial charge is 0.188 e. The van der Waals surface area contributed by atoms with Crippen LogP contribution in [0, 0.1) is 0 Å². The van der Waals surface area contributed by atoms with Crippen molar-refractivity contribution in [2.24, 2.45) is 0 Å². The first-order chi connectivity index (χ1) is 6.27. The third-order valence-electron chi connectivity index (χ3n) is 1.35. The highest BCUT2D eigenvalue weighted by Crippen LogP contribution is 2.28. The molecule has 3 nitrogen and oxygen atoms in total. The van der Waals surface area contributed by atoms with Crippen LogP contribution in [0.25, 0.3) is 0 Å². The standard InChI is InChI=1S/C8H10ClNO2S/c1-11-5-12-6-4-10-8(9)3-7(6)13-2/h3-4H,5H2,1-2H3. The number of halogens is 1. The molecule has 0 saturated carbocycles. The van der Waals surface area contributed by atoms with Crippen molar-refractivity contribution < 1.29 is 9.47 Å². The molecule has 0 fully saturated rings. The molecule has 13 heavy (non-hydrogen) atoms. The van der Waals surface area contributed by atoms with Gasteiger partial charge in [-0.25, -0.2) is 4.98 Å². The fourth-order valence-electron chi connectivity index (χ4n) is 0.791. The number of pyridine rings is 1. The third-order valence-corrected chi connectivity index (χ3v) is 2.32. The van der Waals surface area contributed by atoms with Crippen LogP contribution in [-0.4, -0.2) is 25.1 Å². The highest BCUT2D eigenvalue weighted by Gasteiger charge is 2.03. The van der Waals surface area contributed by atoms with Gasteiger partial charge in [-0.05, 0) is 12.3 Å². The van der Waals surface area contributed by atoms with Crippen molar-refractivity contribution in [2.75, 3.05) is 20.2 Å². The number of aromatic nitrogens is 1. The number of methoxy groups -OCH3 is 1. The Labute approximate surface area is 86.4 Å². The fraction of sp³-hybridized carbons (Fsp3) is 0.375. The molecule has 5 heteroatoms.